The first kappa shape index (κ1) is 15.6. The molecule has 0 atom stereocenters. The highest BCUT2D eigenvalue weighted by atomic mass is 16.6. The van der Waals surface area contributed by atoms with Crippen molar-refractivity contribution in [3.8, 4) is 11.5 Å². The Morgan fingerprint density at radius 1 is 1.04 bits per heavy atom. The van der Waals surface area contributed by atoms with Gasteiger partial charge in [-0.05, 0) is 12.1 Å². The smallest absolute Gasteiger partial charge is 0.325 e. The summed E-state index contributed by atoms with van der Waals surface area (Å²) in [4.78, 5) is 25.7. The molecule has 0 bridgehead atoms. The van der Waals surface area contributed by atoms with Crippen LogP contribution in [0.15, 0.2) is 18.2 Å². The van der Waals surface area contributed by atoms with Gasteiger partial charge in [0.1, 0.15) is 13.2 Å². The minimum Gasteiger partial charge on any atom is -0.486 e. The molecule has 2 aliphatic rings. The maximum atomic E-state index is 11.9. The van der Waals surface area contributed by atoms with Crippen LogP contribution in [0.2, 0.25) is 0 Å². The number of carbonyl (C=O) groups excluding carboxylic acids is 2. The molecule has 2 aliphatic heterocycles. The summed E-state index contributed by atoms with van der Waals surface area (Å²) in [6, 6.07) is 4.51. The van der Waals surface area contributed by atoms with Gasteiger partial charge in [0, 0.05) is 24.8 Å². The number of carbonyl (C=O) groups is 2. The van der Waals surface area contributed by atoms with Crippen molar-refractivity contribution in [1.82, 2.24) is 10.2 Å². The Morgan fingerprint density at radius 2 is 1.78 bits per heavy atom. The Hall–Kier alpha value is -2.32. The van der Waals surface area contributed by atoms with Crippen LogP contribution >= 0.6 is 0 Å². The van der Waals surface area contributed by atoms with E-state index in [-0.39, 0.29) is 12.5 Å². The lowest BCUT2D eigenvalue weighted by Gasteiger charge is -2.25. The average molecular weight is 321 g/mol. The van der Waals surface area contributed by atoms with Crippen molar-refractivity contribution >= 4 is 17.6 Å². The zero-order chi connectivity index (χ0) is 16.1. The molecule has 0 radical (unpaired) electrons. The number of amides is 3. The first-order chi connectivity index (χ1) is 11.2. The van der Waals surface area contributed by atoms with Crippen LogP contribution in [-0.2, 0) is 9.53 Å². The molecular formula is C15H19N3O5. The number of hydrogen-bond donors (Lipinski definition) is 2. The maximum Gasteiger partial charge on any atom is 0.325 e. The Kier molecular flexibility index (Phi) is 4.94. The van der Waals surface area contributed by atoms with E-state index in [4.69, 9.17) is 14.2 Å². The van der Waals surface area contributed by atoms with Gasteiger partial charge >= 0.3 is 6.03 Å². The molecule has 3 amide bonds. The Balaban J connectivity index is 1.49. The van der Waals surface area contributed by atoms with E-state index in [1.165, 1.54) is 0 Å². The Labute approximate surface area is 133 Å². The second-order valence-electron chi connectivity index (χ2n) is 5.25. The normalized spacial score (nSPS) is 17.4. The van der Waals surface area contributed by atoms with Crippen LogP contribution in [-0.4, -0.2) is 62.9 Å². The second-order valence-corrected chi connectivity index (χ2v) is 5.25. The number of ether oxygens (including phenoxy) is 3. The molecule has 8 nitrogen and oxygen atoms in total. The highest BCUT2D eigenvalue weighted by Gasteiger charge is 2.17. The van der Waals surface area contributed by atoms with Crippen molar-refractivity contribution in [3.05, 3.63) is 18.2 Å². The van der Waals surface area contributed by atoms with Gasteiger partial charge in [0.2, 0.25) is 5.91 Å². The quantitative estimate of drug-likeness (QED) is 0.840. The lowest BCUT2D eigenvalue weighted by Crippen LogP contribution is -2.45. The molecule has 1 aromatic rings. The van der Waals surface area contributed by atoms with Crippen LogP contribution in [0.25, 0.3) is 0 Å². The molecule has 124 valence electrons. The fraction of sp³-hybridized carbons (Fsp3) is 0.467. The zero-order valence-electron chi connectivity index (χ0n) is 12.7. The summed E-state index contributed by atoms with van der Waals surface area (Å²) >= 11 is 0. The number of nitrogens with one attached hydrogen (secondary N) is 2. The molecule has 0 saturated carbocycles. The molecule has 23 heavy (non-hydrogen) atoms. The van der Waals surface area contributed by atoms with Crippen molar-refractivity contribution in [2.75, 3.05) is 51.4 Å². The van der Waals surface area contributed by atoms with Crippen LogP contribution in [0.1, 0.15) is 0 Å². The summed E-state index contributed by atoms with van der Waals surface area (Å²) in [5, 5.41) is 4.92. The second kappa shape index (κ2) is 7.30. The molecule has 0 aliphatic carbocycles. The lowest BCUT2D eigenvalue weighted by molar-refractivity contribution is -0.122. The van der Waals surface area contributed by atoms with Gasteiger partial charge in [-0.3, -0.25) is 15.0 Å². The highest BCUT2D eigenvalue weighted by Crippen LogP contribution is 2.32. The molecule has 0 spiro atoms. The van der Waals surface area contributed by atoms with Crippen molar-refractivity contribution in [3.63, 3.8) is 0 Å². The predicted molar refractivity (Wildman–Crippen MR) is 81.9 cm³/mol. The number of fused-ring (bicyclic) bond motifs is 1. The number of benzene rings is 1. The number of imide groups is 1. The van der Waals surface area contributed by atoms with Crippen LogP contribution in [0.4, 0.5) is 10.5 Å². The van der Waals surface area contributed by atoms with E-state index in [9.17, 15) is 9.59 Å². The number of urea groups is 1. The van der Waals surface area contributed by atoms with Crippen LogP contribution < -0.4 is 20.1 Å². The average Bonchev–Trinajstić information content (AvgIpc) is 2.55. The summed E-state index contributed by atoms with van der Waals surface area (Å²) in [5.41, 5.74) is 0.533. The molecule has 1 saturated heterocycles. The van der Waals surface area contributed by atoms with Crippen LogP contribution in [0, 0.1) is 0 Å². The minimum atomic E-state index is -0.570. The fourth-order valence-corrected chi connectivity index (χ4v) is 2.41. The Morgan fingerprint density at radius 3 is 2.57 bits per heavy atom. The van der Waals surface area contributed by atoms with Crippen molar-refractivity contribution in [2.45, 2.75) is 0 Å². The standard InChI is InChI=1S/C15H19N3O5/c19-14(10-18-3-5-21-6-4-18)17-15(20)16-11-1-2-12-13(9-11)23-8-7-22-12/h1-2,9H,3-8,10H2,(H2,16,17,19,20). The molecule has 3 rings (SSSR count). The lowest BCUT2D eigenvalue weighted by atomic mass is 10.2. The summed E-state index contributed by atoms with van der Waals surface area (Å²) in [5.74, 6) is 0.876. The third kappa shape index (κ3) is 4.33. The maximum absolute atomic E-state index is 11.9. The number of rotatable bonds is 3. The number of morpholine rings is 1. The van der Waals surface area contributed by atoms with Gasteiger partial charge < -0.3 is 19.5 Å². The van der Waals surface area contributed by atoms with Crippen molar-refractivity contribution in [2.24, 2.45) is 0 Å². The first-order valence-corrected chi connectivity index (χ1v) is 7.51. The largest absolute Gasteiger partial charge is 0.486 e. The number of nitrogens with zero attached hydrogens (tertiary/aromatic N) is 1. The van der Waals surface area contributed by atoms with Gasteiger partial charge in [-0.25, -0.2) is 4.79 Å². The van der Waals surface area contributed by atoms with Crippen LogP contribution in [0.3, 0.4) is 0 Å². The van der Waals surface area contributed by atoms with Gasteiger partial charge in [0.25, 0.3) is 0 Å². The third-order valence-electron chi connectivity index (χ3n) is 3.52. The minimum absolute atomic E-state index is 0.178. The molecular weight excluding hydrogens is 302 g/mol. The van der Waals surface area contributed by atoms with Gasteiger partial charge in [-0.15, -0.1) is 0 Å². The first-order valence-electron chi connectivity index (χ1n) is 7.51. The fourth-order valence-electron chi connectivity index (χ4n) is 2.41. The molecule has 2 N–H and O–H groups in total. The van der Waals surface area contributed by atoms with Gasteiger partial charge in [-0.2, -0.15) is 0 Å². The SMILES string of the molecule is O=C(CN1CCOCC1)NC(=O)Nc1ccc2c(c1)OCCO2. The number of anilines is 1. The van der Waals surface area contributed by atoms with Gasteiger partial charge in [0.05, 0.1) is 19.8 Å². The van der Waals surface area contributed by atoms with E-state index in [0.717, 1.165) is 0 Å². The summed E-state index contributed by atoms with van der Waals surface area (Å²) in [7, 11) is 0. The topological polar surface area (TPSA) is 89.1 Å². The molecule has 1 aromatic carbocycles. The van der Waals surface area contributed by atoms with E-state index in [1.54, 1.807) is 18.2 Å². The van der Waals surface area contributed by atoms with Crippen molar-refractivity contribution < 1.29 is 23.8 Å². The van der Waals surface area contributed by atoms with E-state index >= 15 is 0 Å². The van der Waals surface area contributed by atoms with E-state index in [2.05, 4.69) is 10.6 Å². The molecule has 1 fully saturated rings. The summed E-state index contributed by atoms with van der Waals surface area (Å²) < 4.78 is 16.1. The molecule has 0 aromatic heterocycles. The highest BCUT2D eigenvalue weighted by molar-refractivity contribution is 6.01. The molecule has 2 heterocycles. The Bertz CT molecular complexity index is 586. The molecule has 0 unspecified atom stereocenters. The van der Waals surface area contributed by atoms with E-state index in [1.807, 2.05) is 4.90 Å². The monoisotopic (exact) mass is 321 g/mol. The van der Waals surface area contributed by atoms with E-state index < -0.39 is 6.03 Å². The van der Waals surface area contributed by atoms with Crippen molar-refractivity contribution in [1.29, 1.82) is 0 Å². The third-order valence-corrected chi connectivity index (χ3v) is 3.52. The predicted octanol–water partition coefficient (Wildman–Crippen LogP) is 0.438. The number of hydrogen-bond acceptors (Lipinski definition) is 6. The summed E-state index contributed by atoms with van der Waals surface area (Å²) in [6.07, 6.45) is 0. The van der Waals surface area contributed by atoms with Crippen LogP contribution in [0.5, 0.6) is 11.5 Å². The van der Waals surface area contributed by atoms with Gasteiger partial charge in [0.15, 0.2) is 11.5 Å². The molecule has 8 heteroatoms. The van der Waals surface area contributed by atoms with E-state index in [0.29, 0.717) is 56.7 Å². The van der Waals surface area contributed by atoms with Gasteiger partial charge in [-0.1, -0.05) is 0 Å². The zero-order valence-corrected chi connectivity index (χ0v) is 12.7. The summed E-state index contributed by atoms with van der Waals surface area (Å²) in [6.45, 7) is 3.76.